The summed E-state index contributed by atoms with van der Waals surface area (Å²) >= 11 is 0. The number of hydrogen-bond donors (Lipinski definition) is 1. The van der Waals surface area contributed by atoms with Gasteiger partial charge in [-0.1, -0.05) is 18.2 Å². The number of likely N-dealkylation sites (tertiary alicyclic amines) is 1. The van der Waals surface area contributed by atoms with E-state index in [1.54, 1.807) is 19.0 Å². The van der Waals surface area contributed by atoms with Gasteiger partial charge >= 0.3 is 0 Å². The van der Waals surface area contributed by atoms with Crippen molar-refractivity contribution in [3.05, 3.63) is 83.8 Å². The summed E-state index contributed by atoms with van der Waals surface area (Å²) in [5.74, 6) is 0.579. The van der Waals surface area contributed by atoms with Gasteiger partial charge in [0, 0.05) is 55.4 Å². The summed E-state index contributed by atoms with van der Waals surface area (Å²) < 4.78 is 2.26. The molecule has 7 heteroatoms. The minimum absolute atomic E-state index is 0.0508. The zero-order valence-electron chi connectivity index (χ0n) is 22.5. The average Bonchev–Trinajstić information content (AvgIpc) is 3.56. The van der Waals surface area contributed by atoms with E-state index in [1.807, 2.05) is 24.5 Å². The fourth-order valence-corrected chi connectivity index (χ4v) is 5.96. The van der Waals surface area contributed by atoms with E-state index >= 15 is 0 Å². The molecule has 6 rings (SSSR count). The summed E-state index contributed by atoms with van der Waals surface area (Å²) in [7, 11) is 5.72. The number of aromatic nitrogens is 4. The molecule has 0 spiro atoms. The molecule has 0 aliphatic carbocycles. The number of H-pyrrole nitrogens is 1. The van der Waals surface area contributed by atoms with Crippen LogP contribution in [0.3, 0.4) is 0 Å². The Morgan fingerprint density at radius 1 is 1.05 bits per heavy atom. The predicted molar refractivity (Wildman–Crippen MR) is 152 cm³/mol. The van der Waals surface area contributed by atoms with E-state index in [4.69, 9.17) is 4.98 Å². The molecule has 1 fully saturated rings. The Balaban J connectivity index is 1.20. The molecule has 0 bridgehead atoms. The Labute approximate surface area is 223 Å². The molecule has 1 N–H and O–H groups in total. The molecule has 3 aromatic heterocycles. The average molecular weight is 507 g/mol. The maximum atomic E-state index is 12.2. The normalized spacial score (nSPS) is 15.8. The maximum Gasteiger partial charge on any atom is 0.253 e. The molecule has 0 radical (unpaired) electrons. The highest BCUT2D eigenvalue weighted by atomic mass is 16.2. The number of amides is 1. The molecule has 4 heterocycles. The van der Waals surface area contributed by atoms with Crippen LogP contribution in [0.5, 0.6) is 0 Å². The van der Waals surface area contributed by atoms with Crippen LogP contribution in [0, 0.1) is 0 Å². The summed E-state index contributed by atoms with van der Waals surface area (Å²) in [6, 6.07) is 19.4. The number of pyridine rings is 1. The number of rotatable bonds is 5. The van der Waals surface area contributed by atoms with Crippen molar-refractivity contribution >= 4 is 27.8 Å². The number of piperidine rings is 1. The predicted octanol–water partition coefficient (Wildman–Crippen LogP) is 5.76. The minimum atomic E-state index is 0.0508. The Kier molecular flexibility index (Phi) is 6.24. The molecule has 2 aromatic carbocycles. The van der Waals surface area contributed by atoms with Crippen molar-refractivity contribution in [2.75, 3.05) is 27.2 Å². The van der Waals surface area contributed by atoms with Crippen molar-refractivity contribution in [1.82, 2.24) is 29.5 Å². The van der Waals surface area contributed by atoms with Gasteiger partial charge in [-0.2, -0.15) is 5.10 Å². The van der Waals surface area contributed by atoms with Crippen LogP contribution in [0.1, 0.15) is 53.3 Å². The molecule has 1 aliphatic rings. The van der Waals surface area contributed by atoms with E-state index in [0.29, 0.717) is 12.0 Å². The lowest BCUT2D eigenvalue weighted by atomic mass is 9.88. The number of nitrogens with one attached hydrogen (secondary N) is 1. The summed E-state index contributed by atoms with van der Waals surface area (Å²) in [6.07, 6.45) is 6.01. The topological polar surface area (TPSA) is 70.0 Å². The van der Waals surface area contributed by atoms with Crippen LogP contribution in [0.15, 0.2) is 67.0 Å². The number of carbonyl (C=O) groups is 1. The Morgan fingerprint density at radius 3 is 2.55 bits per heavy atom. The third-order valence-corrected chi connectivity index (χ3v) is 8.26. The van der Waals surface area contributed by atoms with Gasteiger partial charge in [0.2, 0.25) is 0 Å². The summed E-state index contributed by atoms with van der Waals surface area (Å²) in [5, 5.41) is 9.50. The minimum Gasteiger partial charge on any atom is -0.345 e. The monoisotopic (exact) mass is 506 g/mol. The first-order chi connectivity index (χ1) is 18.4. The van der Waals surface area contributed by atoms with Crippen molar-refractivity contribution in [1.29, 1.82) is 0 Å². The van der Waals surface area contributed by atoms with E-state index < -0.39 is 0 Å². The Hall–Kier alpha value is -3.97. The van der Waals surface area contributed by atoms with Crippen molar-refractivity contribution in [2.24, 2.45) is 7.05 Å². The lowest BCUT2D eigenvalue weighted by Gasteiger charge is -2.36. The fourth-order valence-electron chi connectivity index (χ4n) is 5.96. The molecule has 0 saturated carbocycles. The van der Waals surface area contributed by atoms with Gasteiger partial charge in [-0.3, -0.25) is 14.8 Å². The Bertz CT molecular complexity index is 1610. The van der Waals surface area contributed by atoms with Crippen molar-refractivity contribution < 1.29 is 4.79 Å². The fraction of sp³-hybridized carbons (Fsp3) is 0.323. The highest BCUT2D eigenvalue weighted by Gasteiger charge is 2.27. The number of fused-ring (bicyclic) bond motifs is 2. The number of benzene rings is 2. The van der Waals surface area contributed by atoms with Gasteiger partial charge in [0.15, 0.2) is 0 Å². The molecular formula is C31H34N6O. The van der Waals surface area contributed by atoms with Crippen LogP contribution in [0.25, 0.3) is 33.1 Å². The summed E-state index contributed by atoms with van der Waals surface area (Å²) in [6.45, 7) is 4.40. The van der Waals surface area contributed by atoms with Crippen LogP contribution in [-0.4, -0.2) is 62.6 Å². The van der Waals surface area contributed by atoms with Crippen molar-refractivity contribution in [3.63, 3.8) is 0 Å². The van der Waals surface area contributed by atoms with E-state index in [1.165, 1.54) is 27.8 Å². The molecular weight excluding hydrogens is 472 g/mol. The van der Waals surface area contributed by atoms with Crippen LogP contribution in [0.4, 0.5) is 0 Å². The van der Waals surface area contributed by atoms with Gasteiger partial charge in [-0.15, -0.1) is 0 Å². The first-order valence-electron chi connectivity index (χ1n) is 13.3. The zero-order chi connectivity index (χ0) is 26.4. The molecule has 1 amide bonds. The second-order valence-corrected chi connectivity index (χ2v) is 10.7. The molecule has 1 atom stereocenters. The number of hydrogen-bond acceptors (Lipinski definition) is 4. The van der Waals surface area contributed by atoms with Crippen molar-refractivity contribution in [2.45, 2.75) is 31.7 Å². The van der Waals surface area contributed by atoms with Gasteiger partial charge in [0.25, 0.3) is 5.91 Å². The highest BCUT2D eigenvalue weighted by Crippen LogP contribution is 2.36. The van der Waals surface area contributed by atoms with E-state index in [0.717, 1.165) is 48.0 Å². The van der Waals surface area contributed by atoms with E-state index in [9.17, 15) is 4.79 Å². The summed E-state index contributed by atoms with van der Waals surface area (Å²) in [4.78, 5) is 21.2. The van der Waals surface area contributed by atoms with Gasteiger partial charge in [0.05, 0.1) is 11.7 Å². The molecule has 1 saturated heterocycles. The van der Waals surface area contributed by atoms with Crippen LogP contribution < -0.4 is 0 Å². The largest absolute Gasteiger partial charge is 0.345 e. The standard InChI is InChI=1S/C31H34N6O/c1-20(37-15-12-22(13-16-37)21-5-7-23(8-6-21)31(38)35(2)3)29-18-27-26(11-14-32-30(27)36(29)4)24-9-10-28-25(17-24)19-33-34-28/h5-11,14,17-20,22H,12-13,15-16H2,1-4H3,(H,33,34). The van der Waals surface area contributed by atoms with Crippen LogP contribution in [0.2, 0.25) is 0 Å². The van der Waals surface area contributed by atoms with Gasteiger partial charge in [-0.25, -0.2) is 4.98 Å². The molecule has 1 aliphatic heterocycles. The number of aryl methyl sites for hydroxylation is 1. The molecule has 7 nitrogen and oxygen atoms in total. The quantitative estimate of drug-likeness (QED) is 0.329. The zero-order valence-corrected chi connectivity index (χ0v) is 22.5. The third-order valence-electron chi connectivity index (χ3n) is 8.26. The second kappa shape index (κ2) is 9.72. The molecule has 1 unspecified atom stereocenters. The molecule has 5 aromatic rings. The SMILES string of the molecule is CC(c1cc2c(-c3ccc4[nH]ncc4c3)ccnc2n1C)N1CCC(c2ccc(C(=O)N(C)C)cc2)CC1. The first kappa shape index (κ1) is 24.4. The van der Waals surface area contributed by atoms with E-state index in [-0.39, 0.29) is 5.91 Å². The Morgan fingerprint density at radius 2 is 1.82 bits per heavy atom. The van der Waals surface area contributed by atoms with Gasteiger partial charge < -0.3 is 9.47 Å². The van der Waals surface area contributed by atoms with Gasteiger partial charge in [0.1, 0.15) is 5.65 Å². The lowest BCUT2D eigenvalue weighted by Crippen LogP contribution is -2.35. The maximum absolute atomic E-state index is 12.2. The number of nitrogens with zero attached hydrogens (tertiary/aromatic N) is 5. The first-order valence-corrected chi connectivity index (χ1v) is 13.3. The molecule has 38 heavy (non-hydrogen) atoms. The van der Waals surface area contributed by atoms with Crippen molar-refractivity contribution in [3.8, 4) is 11.1 Å². The molecule has 194 valence electrons. The number of carbonyl (C=O) groups excluding carboxylic acids is 1. The number of aromatic amines is 1. The lowest BCUT2D eigenvalue weighted by molar-refractivity contribution is 0.0827. The van der Waals surface area contributed by atoms with E-state index in [2.05, 4.69) is 76.1 Å². The second-order valence-electron chi connectivity index (χ2n) is 10.7. The smallest absolute Gasteiger partial charge is 0.253 e. The summed E-state index contributed by atoms with van der Waals surface area (Å²) in [5.41, 5.74) is 7.80. The highest BCUT2D eigenvalue weighted by molar-refractivity contribution is 5.96. The van der Waals surface area contributed by atoms with Crippen LogP contribution in [-0.2, 0) is 7.05 Å². The van der Waals surface area contributed by atoms with Gasteiger partial charge in [-0.05, 0) is 91.9 Å². The van der Waals surface area contributed by atoms with Crippen LogP contribution >= 0.6 is 0 Å². The third kappa shape index (κ3) is 4.27.